The van der Waals surface area contributed by atoms with Crippen molar-refractivity contribution < 1.29 is 26.8 Å². The first-order valence-corrected chi connectivity index (χ1v) is 11.7. The Labute approximate surface area is 180 Å². The maximum atomic E-state index is 13.3. The molecule has 0 radical (unpaired) electrons. The van der Waals surface area contributed by atoms with Crippen molar-refractivity contribution in [3.05, 3.63) is 77.8 Å². The molecule has 1 fully saturated rings. The van der Waals surface area contributed by atoms with Crippen LogP contribution in [0.5, 0.6) is 5.75 Å². The number of methoxy groups -OCH3 is 1. The third-order valence-corrected chi connectivity index (χ3v) is 7.09. The Bertz CT molecular complexity index is 1190. The number of furan rings is 1. The molecule has 31 heavy (non-hydrogen) atoms. The lowest BCUT2D eigenvalue weighted by Crippen LogP contribution is -2.40. The number of hydrogen-bond acceptors (Lipinski definition) is 5. The van der Waals surface area contributed by atoms with Gasteiger partial charge in [0.25, 0.3) is 5.91 Å². The van der Waals surface area contributed by atoms with Gasteiger partial charge in [-0.05, 0) is 61.0 Å². The molecule has 1 amide bonds. The summed E-state index contributed by atoms with van der Waals surface area (Å²) in [6.45, 7) is 0.122. The van der Waals surface area contributed by atoms with Crippen LogP contribution in [0.4, 0.5) is 4.39 Å². The monoisotopic (exact) mass is 443 g/mol. The van der Waals surface area contributed by atoms with Crippen molar-refractivity contribution in [3.63, 3.8) is 0 Å². The number of nitrogens with zero attached hydrogens (tertiary/aromatic N) is 1. The van der Waals surface area contributed by atoms with Crippen molar-refractivity contribution in [3.8, 4) is 17.1 Å². The molecule has 0 saturated carbocycles. The minimum absolute atomic E-state index is 0.0541. The standard InChI is InChI=1S/C23H22FNO5S/c1-29-20-4-2-3-17(13-20)23(26)25(19-11-12-31(27,28)15-19)14-21-9-10-22(30-21)16-5-7-18(24)8-6-16/h2-10,13,19H,11-12,14-15H2,1H3/t19-/m1/s1. The smallest absolute Gasteiger partial charge is 0.254 e. The van der Waals surface area contributed by atoms with Gasteiger partial charge in [-0.25, -0.2) is 12.8 Å². The number of ether oxygens (including phenoxy) is 1. The lowest BCUT2D eigenvalue weighted by atomic mass is 10.1. The second kappa shape index (κ2) is 8.55. The Kier molecular flexibility index (Phi) is 5.82. The van der Waals surface area contributed by atoms with Crippen LogP contribution in [0.3, 0.4) is 0 Å². The van der Waals surface area contributed by atoms with Crippen LogP contribution in [0.1, 0.15) is 22.5 Å². The van der Waals surface area contributed by atoms with Crippen molar-refractivity contribution in [1.29, 1.82) is 0 Å². The SMILES string of the molecule is COc1cccc(C(=O)N(Cc2ccc(-c3ccc(F)cc3)o2)[C@@H]2CCS(=O)(=O)C2)c1. The summed E-state index contributed by atoms with van der Waals surface area (Å²) >= 11 is 0. The first-order chi connectivity index (χ1) is 14.8. The molecular formula is C23H22FNO5S. The number of sulfone groups is 1. The number of halogens is 1. The highest BCUT2D eigenvalue weighted by molar-refractivity contribution is 7.91. The highest BCUT2D eigenvalue weighted by Crippen LogP contribution is 2.27. The van der Waals surface area contributed by atoms with Gasteiger partial charge in [0.2, 0.25) is 0 Å². The average molecular weight is 443 g/mol. The second-order valence-corrected chi connectivity index (χ2v) is 9.72. The zero-order valence-corrected chi connectivity index (χ0v) is 17.8. The Morgan fingerprint density at radius 3 is 2.61 bits per heavy atom. The van der Waals surface area contributed by atoms with Crippen molar-refractivity contribution in [1.82, 2.24) is 4.90 Å². The minimum Gasteiger partial charge on any atom is -0.497 e. The van der Waals surface area contributed by atoms with E-state index < -0.39 is 15.9 Å². The molecule has 1 atom stereocenters. The van der Waals surface area contributed by atoms with Crippen LogP contribution in [0, 0.1) is 5.82 Å². The quantitative estimate of drug-likeness (QED) is 0.577. The molecule has 0 unspecified atom stereocenters. The van der Waals surface area contributed by atoms with E-state index in [4.69, 9.17) is 9.15 Å². The number of hydrogen-bond donors (Lipinski definition) is 0. The summed E-state index contributed by atoms with van der Waals surface area (Å²) in [6.07, 6.45) is 0.379. The first kappa shape index (κ1) is 21.1. The highest BCUT2D eigenvalue weighted by atomic mass is 32.2. The fourth-order valence-corrected chi connectivity index (χ4v) is 5.44. The van der Waals surface area contributed by atoms with Crippen LogP contribution in [-0.2, 0) is 16.4 Å². The van der Waals surface area contributed by atoms with Crippen molar-refractivity contribution in [2.45, 2.75) is 19.0 Å². The Balaban J connectivity index is 1.62. The maximum Gasteiger partial charge on any atom is 0.254 e. The molecule has 0 spiro atoms. The zero-order valence-electron chi connectivity index (χ0n) is 17.0. The van der Waals surface area contributed by atoms with Gasteiger partial charge in [-0.15, -0.1) is 0 Å². The Morgan fingerprint density at radius 1 is 1.16 bits per heavy atom. The third kappa shape index (κ3) is 4.80. The molecule has 162 valence electrons. The predicted molar refractivity (Wildman–Crippen MR) is 114 cm³/mol. The highest BCUT2D eigenvalue weighted by Gasteiger charge is 2.35. The summed E-state index contributed by atoms with van der Waals surface area (Å²) < 4.78 is 48.4. The second-order valence-electron chi connectivity index (χ2n) is 7.49. The molecule has 3 aromatic rings. The van der Waals surface area contributed by atoms with E-state index in [1.165, 1.54) is 19.2 Å². The minimum atomic E-state index is -3.19. The summed E-state index contributed by atoms with van der Waals surface area (Å²) in [4.78, 5) is 14.9. The normalized spacial score (nSPS) is 17.4. The van der Waals surface area contributed by atoms with E-state index in [0.29, 0.717) is 34.8 Å². The molecule has 0 N–H and O–H groups in total. The van der Waals surface area contributed by atoms with Gasteiger partial charge in [0.1, 0.15) is 23.1 Å². The molecule has 2 heterocycles. The average Bonchev–Trinajstić information content (AvgIpc) is 3.38. The van der Waals surface area contributed by atoms with Crippen LogP contribution in [-0.4, -0.2) is 43.9 Å². The van der Waals surface area contributed by atoms with E-state index in [9.17, 15) is 17.6 Å². The van der Waals surface area contributed by atoms with Crippen LogP contribution in [0.2, 0.25) is 0 Å². The molecule has 1 aliphatic heterocycles. The summed E-state index contributed by atoms with van der Waals surface area (Å²) in [5.74, 6) is 0.949. The fourth-order valence-electron chi connectivity index (χ4n) is 3.71. The largest absolute Gasteiger partial charge is 0.497 e. The van der Waals surface area contributed by atoms with Gasteiger partial charge in [0, 0.05) is 17.2 Å². The van der Waals surface area contributed by atoms with Gasteiger partial charge < -0.3 is 14.1 Å². The number of carbonyl (C=O) groups excluding carboxylic acids is 1. The number of amides is 1. The molecule has 6 nitrogen and oxygen atoms in total. The zero-order chi connectivity index (χ0) is 22.0. The lowest BCUT2D eigenvalue weighted by Gasteiger charge is -2.27. The molecule has 4 rings (SSSR count). The summed E-state index contributed by atoms with van der Waals surface area (Å²) in [7, 11) is -1.67. The van der Waals surface area contributed by atoms with Gasteiger partial charge in [-0.2, -0.15) is 0 Å². The maximum absolute atomic E-state index is 13.3. The summed E-state index contributed by atoms with van der Waals surface area (Å²) in [5.41, 5.74) is 1.12. The van der Waals surface area contributed by atoms with Crippen molar-refractivity contribution in [2.24, 2.45) is 0 Å². The summed E-state index contributed by atoms with van der Waals surface area (Å²) in [5, 5.41) is 0. The molecule has 1 saturated heterocycles. The van der Waals surface area contributed by atoms with E-state index in [-0.39, 0.29) is 29.8 Å². The van der Waals surface area contributed by atoms with E-state index in [1.807, 2.05) is 0 Å². The first-order valence-electron chi connectivity index (χ1n) is 9.85. The number of benzene rings is 2. The molecule has 1 aromatic heterocycles. The molecule has 2 aromatic carbocycles. The summed E-state index contributed by atoms with van der Waals surface area (Å²) in [6, 6.07) is 15.7. The number of rotatable bonds is 6. The van der Waals surface area contributed by atoms with Crippen LogP contribution in [0.25, 0.3) is 11.3 Å². The number of carbonyl (C=O) groups is 1. The molecular weight excluding hydrogens is 421 g/mol. The Hall–Kier alpha value is -3.13. The van der Waals surface area contributed by atoms with Gasteiger partial charge >= 0.3 is 0 Å². The molecule has 0 bridgehead atoms. The van der Waals surface area contributed by atoms with Crippen molar-refractivity contribution >= 4 is 15.7 Å². The van der Waals surface area contributed by atoms with Crippen LogP contribution in [0.15, 0.2) is 65.1 Å². The van der Waals surface area contributed by atoms with Crippen LogP contribution < -0.4 is 4.74 Å². The van der Waals surface area contributed by atoms with Gasteiger partial charge in [-0.3, -0.25) is 4.79 Å². The van der Waals surface area contributed by atoms with Crippen LogP contribution >= 0.6 is 0 Å². The topological polar surface area (TPSA) is 76.8 Å². The van der Waals surface area contributed by atoms with Crippen molar-refractivity contribution in [2.75, 3.05) is 18.6 Å². The van der Waals surface area contributed by atoms with Gasteiger partial charge in [0.05, 0.1) is 25.2 Å². The Morgan fingerprint density at radius 2 is 1.94 bits per heavy atom. The van der Waals surface area contributed by atoms with E-state index in [0.717, 1.165) is 0 Å². The van der Waals surface area contributed by atoms with E-state index in [1.54, 1.807) is 53.4 Å². The predicted octanol–water partition coefficient (Wildman–Crippen LogP) is 3.92. The van der Waals surface area contributed by atoms with Gasteiger partial charge in [0.15, 0.2) is 9.84 Å². The lowest BCUT2D eigenvalue weighted by molar-refractivity contribution is 0.0666. The molecule has 8 heteroatoms. The third-order valence-electron chi connectivity index (χ3n) is 5.34. The fraction of sp³-hybridized carbons (Fsp3) is 0.261. The van der Waals surface area contributed by atoms with E-state index in [2.05, 4.69) is 0 Å². The van der Waals surface area contributed by atoms with E-state index >= 15 is 0 Å². The van der Waals surface area contributed by atoms with Gasteiger partial charge in [-0.1, -0.05) is 6.07 Å². The molecule has 1 aliphatic rings. The molecule has 0 aliphatic carbocycles.